The molecule has 1 heterocycles. The summed E-state index contributed by atoms with van der Waals surface area (Å²) in [5.41, 5.74) is -0.186. The molecule has 3 aromatic rings. The summed E-state index contributed by atoms with van der Waals surface area (Å²) in [6.07, 6.45) is 0.0160. The predicted octanol–water partition coefficient (Wildman–Crippen LogP) is 5.93. The molecule has 10 heteroatoms. The number of carboxylic acid groups (broad SMARTS) is 1. The Hall–Kier alpha value is -4.15. The van der Waals surface area contributed by atoms with Crippen LogP contribution in [-0.4, -0.2) is 50.9 Å². The summed E-state index contributed by atoms with van der Waals surface area (Å²) in [7, 11) is 0. The minimum atomic E-state index is -1.65. The third-order valence-corrected chi connectivity index (χ3v) is 6.62. The number of aliphatic carboxylic acids is 1. The highest BCUT2D eigenvalue weighted by molar-refractivity contribution is 5.90. The van der Waals surface area contributed by atoms with Gasteiger partial charge in [0.15, 0.2) is 6.10 Å². The molecule has 1 saturated heterocycles. The van der Waals surface area contributed by atoms with Crippen molar-refractivity contribution in [1.82, 2.24) is 4.90 Å². The Morgan fingerprint density at radius 1 is 0.925 bits per heavy atom. The van der Waals surface area contributed by atoms with Crippen LogP contribution in [0.5, 0.6) is 23.0 Å². The van der Waals surface area contributed by atoms with Gasteiger partial charge in [0.25, 0.3) is 0 Å². The molecule has 9 nitrogen and oxygen atoms in total. The number of hydrogen-bond donors (Lipinski definition) is 4. The number of carbonyl (C=O) groups excluding carboxylic acids is 1. The average Bonchev–Trinajstić information content (AvgIpc) is 2.89. The first-order valence-electron chi connectivity index (χ1n) is 13.1. The summed E-state index contributed by atoms with van der Waals surface area (Å²) >= 11 is 0. The maximum atomic E-state index is 13.4. The second-order valence-electron chi connectivity index (χ2n) is 10.4. The van der Waals surface area contributed by atoms with Crippen molar-refractivity contribution in [2.75, 3.05) is 18.4 Å². The van der Waals surface area contributed by atoms with Crippen molar-refractivity contribution in [3.8, 4) is 23.0 Å². The van der Waals surface area contributed by atoms with Gasteiger partial charge in [-0.3, -0.25) is 0 Å². The fourth-order valence-electron chi connectivity index (χ4n) is 4.69. The zero-order chi connectivity index (χ0) is 28.9. The molecule has 3 aromatic carbocycles. The van der Waals surface area contributed by atoms with Gasteiger partial charge in [-0.2, -0.15) is 0 Å². The molecule has 212 valence electrons. The van der Waals surface area contributed by atoms with Crippen LogP contribution in [0.2, 0.25) is 0 Å². The van der Waals surface area contributed by atoms with Gasteiger partial charge in [0.2, 0.25) is 0 Å². The lowest BCUT2D eigenvalue weighted by Crippen LogP contribution is -2.48. The molecule has 4 N–H and O–H groups in total. The van der Waals surface area contributed by atoms with E-state index < -0.39 is 23.5 Å². The lowest BCUT2D eigenvalue weighted by molar-refractivity contribution is -0.146. The second-order valence-corrected chi connectivity index (χ2v) is 10.4. The van der Waals surface area contributed by atoms with E-state index in [9.17, 15) is 24.2 Å². The molecular weight excluding hydrogens is 519 g/mol. The molecule has 4 rings (SSSR count). The van der Waals surface area contributed by atoms with Crippen LogP contribution in [0.25, 0.3) is 0 Å². The number of nitrogens with one attached hydrogen (secondary N) is 1. The van der Waals surface area contributed by atoms with Gasteiger partial charge in [-0.25, -0.2) is 14.0 Å². The van der Waals surface area contributed by atoms with E-state index in [4.69, 9.17) is 14.6 Å². The third kappa shape index (κ3) is 7.71. The van der Waals surface area contributed by atoms with E-state index in [1.165, 1.54) is 48.5 Å². The molecule has 0 radical (unpaired) electrons. The molecule has 0 aromatic heterocycles. The van der Waals surface area contributed by atoms with E-state index in [0.29, 0.717) is 67.0 Å². The molecule has 0 saturated carbocycles. The molecule has 0 spiro atoms. The van der Waals surface area contributed by atoms with E-state index in [2.05, 4.69) is 19.2 Å². The van der Waals surface area contributed by atoms with E-state index in [1.807, 2.05) is 0 Å². The lowest BCUT2D eigenvalue weighted by atomic mass is 9.84. The Bertz CT molecular complexity index is 1320. The Kier molecular flexibility index (Phi) is 8.91. The number of ether oxygens (including phenoxy) is 2. The molecule has 1 fully saturated rings. The number of rotatable bonds is 9. The van der Waals surface area contributed by atoms with Crippen LogP contribution in [0.3, 0.4) is 0 Å². The van der Waals surface area contributed by atoms with Crippen molar-refractivity contribution in [3.63, 3.8) is 0 Å². The number of hydrogen-bond acceptors (Lipinski definition) is 6. The number of benzene rings is 3. The summed E-state index contributed by atoms with van der Waals surface area (Å²) < 4.78 is 25.2. The van der Waals surface area contributed by atoms with E-state index in [-0.39, 0.29) is 11.6 Å². The fraction of sp³-hybridized carbons (Fsp3) is 0.333. The number of nitrogens with zero attached hydrogens (tertiary/aromatic N) is 1. The van der Waals surface area contributed by atoms with Crippen LogP contribution in [0.1, 0.15) is 44.8 Å². The van der Waals surface area contributed by atoms with Gasteiger partial charge in [0.05, 0.1) is 5.60 Å². The molecule has 1 unspecified atom stereocenters. The van der Waals surface area contributed by atoms with E-state index in [1.54, 1.807) is 23.1 Å². The monoisotopic (exact) mass is 552 g/mol. The average molecular weight is 553 g/mol. The maximum Gasteiger partial charge on any atom is 0.337 e. The third-order valence-electron chi connectivity index (χ3n) is 6.62. The number of aliphatic hydroxyl groups is 2. The summed E-state index contributed by atoms with van der Waals surface area (Å²) in [6.45, 7) is 4.95. The number of carboxylic acids is 1. The van der Waals surface area contributed by atoms with Crippen LogP contribution in [-0.2, 0) is 4.79 Å². The van der Waals surface area contributed by atoms with Gasteiger partial charge in [0.1, 0.15) is 28.8 Å². The zero-order valence-corrected chi connectivity index (χ0v) is 22.3. The highest BCUT2D eigenvalue weighted by Crippen LogP contribution is 2.34. The van der Waals surface area contributed by atoms with Gasteiger partial charge in [-0.1, -0.05) is 26.0 Å². The SMILES string of the molecule is CC(C)CC1(O)CCN(C(=O)Nc2cc(Oc3ccc(F)cc3)cc(Oc3ccc(C(O)C(=O)O)cc3)c2)CC1. The van der Waals surface area contributed by atoms with Crippen molar-refractivity contribution in [2.24, 2.45) is 5.92 Å². The highest BCUT2D eigenvalue weighted by Gasteiger charge is 2.34. The Morgan fingerprint density at radius 2 is 1.45 bits per heavy atom. The number of carbonyl (C=O) groups is 2. The van der Waals surface area contributed by atoms with E-state index >= 15 is 0 Å². The first-order chi connectivity index (χ1) is 19.0. The van der Waals surface area contributed by atoms with Crippen LogP contribution < -0.4 is 14.8 Å². The van der Waals surface area contributed by atoms with Crippen LogP contribution in [0, 0.1) is 11.7 Å². The number of urea groups is 1. The Labute approximate surface area is 231 Å². The largest absolute Gasteiger partial charge is 0.479 e. The standard InChI is InChI=1S/C30H33FN2O7/c1-19(2)18-30(38)11-13-33(14-12-30)29(37)32-22-15-25(17-26(16-22)40-24-9-5-21(31)6-10-24)39-23-7-3-20(4-8-23)27(34)28(35)36/h3-10,15-17,19,27,34,38H,11-14,18H2,1-2H3,(H,32,37)(H,35,36). The molecule has 0 aliphatic carbocycles. The molecule has 1 aliphatic heterocycles. The van der Waals surface area contributed by atoms with Gasteiger partial charge >= 0.3 is 12.0 Å². The lowest BCUT2D eigenvalue weighted by Gasteiger charge is -2.39. The minimum Gasteiger partial charge on any atom is -0.479 e. The second kappa shape index (κ2) is 12.4. The summed E-state index contributed by atoms with van der Waals surface area (Å²) in [5.74, 6) is -0.0465. The van der Waals surface area contributed by atoms with Crippen LogP contribution in [0.15, 0.2) is 66.7 Å². The molecule has 1 aliphatic rings. The maximum absolute atomic E-state index is 13.4. The molecule has 40 heavy (non-hydrogen) atoms. The van der Waals surface area contributed by atoms with Crippen molar-refractivity contribution in [3.05, 3.63) is 78.1 Å². The van der Waals surface area contributed by atoms with Crippen molar-refractivity contribution < 1.29 is 38.8 Å². The topological polar surface area (TPSA) is 129 Å². The zero-order valence-electron chi connectivity index (χ0n) is 22.3. The van der Waals surface area contributed by atoms with Crippen LogP contribution in [0.4, 0.5) is 14.9 Å². The first-order valence-corrected chi connectivity index (χ1v) is 13.1. The number of amides is 2. The Balaban J connectivity index is 1.52. The molecule has 1 atom stereocenters. The first kappa shape index (κ1) is 28.8. The van der Waals surface area contributed by atoms with Crippen molar-refractivity contribution >= 4 is 17.7 Å². The quantitative estimate of drug-likeness (QED) is 0.259. The van der Waals surface area contributed by atoms with Gasteiger partial charge in [-0.15, -0.1) is 0 Å². The normalized spacial score (nSPS) is 15.4. The van der Waals surface area contributed by atoms with Crippen molar-refractivity contribution in [1.29, 1.82) is 0 Å². The summed E-state index contributed by atoms with van der Waals surface area (Å²) in [5, 5.41) is 32.4. The highest BCUT2D eigenvalue weighted by atomic mass is 19.1. The summed E-state index contributed by atoms with van der Waals surface area (Å²) in [4.78, 5) is 25.7. The minimum absolute atomic E-state index is 0.197. The van der Waals surface area contributed by atoms with Crippen LogP contribution >= 0.6 is 0 Å². The number of likely N-dealkylation sites (tertiary alicyclic amines) is 1. The van der Waals surface area contributed by atoms with Gasteiger partial charge in [0, 0.05) is 37.0 Å². The smallest absolute Gasteiger partial charge is 0.337 e. The van der Waals surface area contributed by atoms with E-state index in [0.717, 1.165) is 0 Å². The number of anilines is 1. The number of halogens is 1. The van der Waals surface area contributed by atoms with Crippen molar-refractivity contribution in [2.45, 2.75) is 44.8 Å². The predicted molar refractivity (Wildman–Crippen MR) is 146 cm³/mol. The number of aliphatic hydroxyl groups excluding tert-OH is 1. The molecule has 0 bridgehead atoms. The van der Waals surface area contributed by atoms with Gasteiger partial charge in [-0.05, 0) is 67.1 Å². The fourth-order valence-corrected chi connectivity index (χ4v) is 4.69. The Morgan fingerprint density at radius 3 is 1.95 bits per heavy atom. The molecule has 2 amide bonds. The number of piperidine rings is 1. The van der Waals surface area contributed by atoms with Gasteiger partial charge < -0.3 is 35.0 Å². The molecular formula is C30H33FN2O7. The summed E-state index contributed by atoms with van der Waals surface area (Å²) in [6, 6.07) is 15.9.